The number of hydrogen-bond donors (Lipinski definition) is 2. The number of hydrogen-bond acceptors (Lipinski definition) is 7. The summed E-state index contributed by atoms with van der Waals surface area (Å²) in [6.45, 7) is 7.93. The summed E-state index contributed by atoms with van der Waals surface area (Å²) in [6.07, 6.45) is 7.02. The number of pyridine rings is 3. The number of fused-ring (bicyclic) bond motifs is 2. The van der Waals surface area contributed by atoms with Gasteiger partial charge in [-0.3, -0.25) is 9.78 Å². The molecule has 0 saturated carbocycles. The number of imidazole rings is 1. The molecule has 5 heterocycles. The van der Waals surface area contributed by atoms with Gasteiger partial charge in [0.1, 0.15) is 5.82 Å². The van der Waals surface area contributed by atoms with Crippen LogP contribution >= 0.6 is 0 Å². The van der Waals surface area contributed by atoms with Crippen molar-refractivity contribution in [3.05, 3.63) is 54.2 Å². The van der Waals surface area contributed by atoms with Crippen LogP contribution in [0.5, 0.6) is 5.75 Å². The second-order valence-corrected chi connectivity index (χ2v) is 8.63. The predicted molar refractivity (Wildman–Crippen MR) is 128 cm³/mol. The van der Waals surface area contributed by atoms with E-state index in [2.05, 4.69) is 39.3 Å². The van der Waals surface area contributed by atoms with E-state index in [1.54, 1.807) is 25.6 Å². The first-order valence-electron chi connectivity index (χ1n) is 11.0. The fourth-order valence-electron chi connectivity index (χ4n) is 4.58. The Morgan fingerprint density at radius 2 is 2.00 bits per heavy atom. The number of aromatic nitrogens is 4. The van der Waals surface area contributed by atoms with E-state index >= 15 is 0 Å². The maximum absolute atomic E-state index is 13.3. The molecule has 9 heteroatoms. The summed E-state index contributed by atoms with van der Waals surface area (Å²) in [7, 11) is 1.59. The minimum absolute atomic E-state index is 0.280. The fourth-order valence-corrected chi connectivity index (χ4v) is 4.58. The number of nitrogens with one attached hydrogen (secondary N) is 2. The number of ether oxygens (including phenoxy) is 1. The Labute approximate surface area is 191 Å². The number of carbonyl (C=O) groups excluding carboxylic acids is 1. The second kappa shape index (κ2) is 8.32. The number of nitrogens with zero attached hydrogens (tertiary/aromatic N) is 5. The standard InChI is InChI=1S/C24H27N7O2/c1-14-10-30(11-15(2)27-14)22-18-6-5-7-25-21(18)19(9-26-22)24(32)29-17-8-20(33-4)23-28-16(3)12-31(23)13-17/h5-9,12-15,27H,10-11H2,1-4H3,(H,29,32)/t14-,15+. The lowest BCUT2D eigenvalue weighted by molar-refractivity contribution is 0.102. The van der Waals surface area contributed by atoms with Gasteiger partial charge in [-0.25, -0.2) is 9.97 Å². The number of anilines is 2. The van der Waals surface area contributed by atoms with Gasteiger partial charge >= 0.3 is 0 Å². The molecule has 0 spiro atoms. The largest absolute Gasteiger partial charge is 0.493 e. The highest BCUT2D eigenvalue weighted by molar-refractivity contribution is 6.13. The van der Waals surface area contributed by atoms with Crippen molar-refractivity contribution in [2.24, 2.45) is 0 Å². The summed E-state index contributed by atoms with van der Waals surface area (Å²) < 4.78 is 7.31. The fraction of sp³-hybridized carbons (Fsp3) is 0.333. The molecular formula is C24H27N7O2. The molecular weight excluding hydrogens is 418 g/mol. The van der Waals surface area contributed by atoms with Crippen LogP contribution in [-0.2, 0) is 0 Å². The SMILES string of the molecule is COc1cc(NC(=O)c2cnc(N3C[C@@H](C)N[C@@H](C)C3)c3cccnc23)cn2cc(C)nc12. The van der Waals surface area contributed by atoms with Gasteiger partial charge in [0.2, 0.25) is 0 Å². The summed E-state index contributed by atoms with van der Waals surface area (Å²) in [5.41, 5.74) is 3.21. The molecule has 0 aromatic carbocycles. The highest BCUT2D eigenvalue weighted by Crippen LogP contribution is 2.29. The van der Waals surface area contributed by atoms with Gasteiger partial charge in [-0.05, 0) is 32.9 Å². The van der Waals surface area contributed by atoms with Gasteiger partial charge in [0, 0.05) is 61.4 Å². The smallest absolute Gasteiger partial charge is 0.259 e. The third kappa shape index (κ3) is 3.95. The maximum atomic E-state index is 13.3. The number of amides is 1. The molecule has 0 radical (unpaired) electrons. The van der Waals surface area contributed by atoms with Crippen LogP contribution in [0.2, 0.25) is 0 Å². The molecule has 5 rings (SSSR count). The first-order chi connectivity index (χ1) is 15.9. The average molecular weight is 446 g/mol. The molecule has 33 heavy (non-hydrogen) atoms. The van der Waals surface area contributed by atoms with Crippen molar-refractivity contribution < 1.29 is 9.53 Å². The molecule has 2 atom stereocenters. The normalized spacial score (nSPS) is 18.6. The number of rotatable bonds is 4. The Kier molecular flexibility index (Phi) is 5.33. The highest BCUT2D eigenvalue weighted by Gasteiger charge is 2.25. The first kappa shape index (κ1) is 21.1. The van der Waals surface area contributed by atoms with Crippen LogP contribution in [0.3, 0.4) is 0 Å². The zero-order chi connectivity index (χ0) is 23.1. The second-order valence-electron chi connectivity index (χ2n) is 8.63. The molecule has 9 nitrogen and oxygen atoms in total. The first-order valence-corrected chi connectivity index (χ1v) is 11.0. The number of aryl methyl sites for hydroxylation is 1. The lowest BCUT2D eigenvalue weighted by Crippen LogP contribution is -2.54. The lowest BCUT2D eigenvalue weighted by Gasteiger charge is -2.37. The van der Waals surface area contributed by atoms with Gasteiger partial charge in [-0.1, -0.05) is 0 Å². The van der Waals surface area contributed by atoms with Crippen LogP contribution in [0.1, 0.15) is 29.9 Å². The molecule has 1 saturated heterocycles. The summed E-state index contributed by atoms with van der Waals surface area (Å²) in [6, 6.07) is 6.32. The van der Waals surface area contributed by atoms with E-state index in [4.69, 9.17) is 9.72 Å². The zero-order valence-corrected chi connectivity index (χ0v) is 19.2. The zero-order valence-electron chi connectivity index (χ0n) is 19.2. The van der Waals surface area contributed by atoms with Crippen molar-refractivity contribution in [1.82, 2.24) is 24.7 Å². The Morgan fingerprint density at radius 3 is 2.76 bits per heavy atom. The lowest BCUT2D eigenvalue weighted by atomic mass is 10.1. The monoisotopic (exact) mass is 445 g/mol. The minimum atomic E-state index is -0.280. The van der Waals surface area contributed by atoms with Crippen molar-refractivity contribution in [1.29, 1.82) is 0 Å². The molecule has 1 aliphatic heterocycles. The van der Waals surface area contributed by atoms with E-state index in [1.807, 2.05) is 35.9 Å². The van der Waals surface area contributed by atoms with Gasteiger partial charge in [0.25, 0.3) is 5.91 Å². The molecule has 1 amide bonds. The van der Waals surface area contributed by atoms with Crippen molar-refractivity contribution in [3.63, 3.8) is 0 Å². The summed E-state index contributed by atoms with van der Waals surface area (Å²) in [4.78, 5) is 29.3. The van der Waals surface area contributed by atoms with Gasteiger partial charge in [0.15, 0.2) is 11.4 Å². The molecule has 170 valence electrons. The molecule has 4 aromatic heterocycles. The molecule has 0 aliphatic carbocycles. The molecule has 1 aliphatic rings. The number of carbonyl (C=O) groups is 1. The third-order valence-electron chi connectivity index (χ3n) is 5.84. The molecule has 0 unspecified atom stereocenters. The van der Waals surface area contributed by atoms with Crippen LogP contribution in [0.15, 0.2) is 43.0 Å². The number of piperazine rings is 1. The van der Waals surface area contributed by atoms with Crippen LogP contribution in [0, 0.1) is 6.92 Å². The average Bonchev–Trinajstić information content (AvgIpc) is 3.17. The van der Waals surface area contributed by atoms with E-state index in [1.165, 1.54) is 0 Å². The number of methoxy groups -OCH3 is 1. The van der Waals surface area contributed by atoms with E-state index in [-0.39, 0.29) is 5.91 Å². The van der Waals surface area contributed by atoms with E-state index in [9.17, 15) is 4.79 Å². The Bertz CT molecular complexity index is 1340. The van der Waals surface area contributed by atoms with Gasteiger partial charge < -0.3 is 24.7 Å². The highest BCUT2D eigenvalue weighted by atomic mass is 16.5. The van der Waals surface area contributed by atoms with Crippen LogP contribution in [0.25, 0.3) is 16.6 Å². The van der Waals surface area contributed by atoms with Crippen molar-refractivity contribution in [3.8, 4) is 5.75 Å². The topological polar surface area (TPSA) is 96.7 Å². The predicted octanol–water partition coefficient (Wildman–Crippen LogP) is 3.03. The summed E-state index contributed by atoms with van der Waals surface area (Å²) >= 11 is 0. The van der Waals surface area contributed by atoms with E-state index < -0.39 is 0 Å². The van der Waals surface area contributed by atoms with Gasteiger partial charge in [-0.2, -0.15) is 0 Å². The van der Waals surface area contributed by atoms with E-state index in [0.717, 1.165) is 30.0 Å². The van der Waals surface area contributed by atoms with Crippen molar-refractivity contribution in [2.75, 3.05) is 30.4 Å². The maximum Gasteiger partial charge on any atom is 0.259 e. The van der Waals surface area contributed by atoms with Crippen molar-refractivity contribution >= 4 is 34.0 Å². The Balaban J connectivity index is 1.50. The molecule has 0 bridgehead atoms. The van der Waals surface area contributed by atoms with Gasteiger partial charge in [-0.15, -0.1) is 0 Å². The minimum Gasteiger partial charge on any atom is -0.493 e. The Hall–Kier alpha value is -3.72. The van der Waals surface area contributed by atoms with E-state index in [0.29, 0.717) is 40.2 Å². The van der Waals surface area contributed by atoms with Crippen LogP contribution in [0.4, 0.5) is 11.5 Å². The molecule has 4 aromatic rings. The Morgan fingerprint density at radius 1 is 1.21 bits per heavy atom. The summed E-state index contributed by atoms with van der Waals surface area (Å²) in [5, 5.41) is 7.38. The van der Waals surface area contributed by atoms with Crippen LogP contribution < -0.4 is 20.3 Å². The molecule has 2 N–H and O–H groups in total. The van der Waals surface area contributed by atoms with Crippen molar-refractivity contribution in [2.45, 2.75) is 32.9 Å². The van der Waals surface area contributed by atoms with Gasteiger partial charge in [0.05, 0.1) is 29.6 Å². The molecule has 1 fully saturated rings. The van der Waals surface area contributed by atoms with Crippen LogP contribution in [-0.4, -0.2) is 57.5 Å². The third-order valence-corrected chi connectivity index (χ3v) is 5.84. The summed E-state index contributed by atoms with van der Waals surface area (Å²) in [5.74, 6) is 1.16. The quantitative estimate of drug-likeness (QED) is 0.498.